The molecule has 1 heterocycles. The first-order valence-corrected chi connectivity index (χ1v) is 15.7. The summed E-state index contributed by atoms with van der Waals surface area (Å²) >= 11 is 0. The van der Waals surface area contributed by atoms with E-state index in [-0.39, 0.29) is 30.8 Å². The Morgan fingerprint density at radius 2 is 1.84 bits per heavy atom. The van der Waals surface area contributed by atoms with Crippen LogP contribution in [0.3, 0.4) is 0 Å². The molecule has 1 fully saturated rings. The van der Waals surface area contributed by atoms with E-state index in [9.17, 15) is 23.1 Å². The molecule has 0 radical (unpaired) electrons. The summed E-state index contributed by atoms with van der Waals surface area (Å²) in [4.78, 5) is 13.6. The Labute approximate surface area is 192 Å². The van der Waals surface area contributed by atoms with Gasteiger partial charge in [0.25, 0.3) is 0 Å². The number of carboxylic acid groups (broad SMARTS) is 1. The highest BCUT2D eigenvalue weighted by atomic mass is 28.3. The molecule has 2 rings (SSSR count). The number of hydrogen-bond donors (Lipinski definition) is 1. The van der Waals surface area contributed by atoms with Crippen LogP contribution in [0.2, 0.25) is 25.7 Å². The van der Waals surface area contributed by atoms with E-state index < -0.39 is 26.6 Å². The largest absolute Gasteiger partial charge is 0.481 e. The Hall–Kier alpha value is -1.34. The van der Waals surface area contributed by atoms with Crippen molar-refractivity contribution in [2.45, 2.75) is 102 Å². The highest BCUT2D eigenvalue weighted by molar-refractivity contribution is 6.76. The third-order valence-electron chi connectivity index (χ3n) is 6.58. The summed E-state index contributed by atoms with van der Waals surface area (Å²) in [6, 6.07) is 9.27. The summed E-state index contributed by atoms with van der Waals surface area (Å²) in [7, 11) is -1.40. The highest BCUT2D eigenvalue weighted by Gasteiger charge is 2.37. The number of halogens is 3. The molecule has 3 nitrogen and oxygen atoms in total. The molecular weight excluding hydrogens is 431 g/mol. The zero-order chi connectivity index (χ0) is 23.9. The van der Waals surface area contributed by atoms with Crippen LogP contribution in [0.15, 0.2) is 24.3 Å². The molecule has 0 aliphatic carbocycles. The molecule has 0 aromatic heterocycles. The maximum Gasteiger partial charge on any atom is 0.389 e. The van der Waals surface area contributed by atoms with Crippen LogP contribution in [0, 0.1) is 5.92 Å². The van der Waals surface area contributed by atoms with E-state index in [0.717, 1.165) is 37.3 Å². The zero-order valence-electron chi connectivity index (χ0n) is 20.0. The molecular formula is C25H40F3NO2Si. The van der Waals surface area contributed by atoms with Crippen molar-refractivity contribution in [2.24, 2.45) is 5.92 Å². The van der Waals surface area contributed by atoms with Gasteiger partial charge in [-0.3, -0.25) is 9.69 Å². The second-order valence-corrected chi connectivity index (χ2v) is 16.3. The number of carbonyl (C=O) groups is 1. The molecule has 1 aliphatic heterocycles. The van der Waals surface area contributed by atoms with E-state index >= 15 is 0 Å². The molecule has 1 aromatic rings. The van der Waals surface area contributed by atoms with Gasteiger partial charge >= 0.3 is 12.1 Å². The number of nitrogens with zero attached hydrogens (tertiary/aromatic N) is 1. The van der Waals surface area contributed by atoms with Crippen molar-refractivity contribution >= 4 is 14.0 Å². The number of aliphatic carboxylic acids is 1. The number of alkyl halides is 3. The van der Waals surface area contributed by atoms with Crippen LogP contribution < -0.4 is 0 Å². The van der Waals surface area contributed by atoms with E-state index in [1.807, 2.05) is 0 Å². The van der Waals surface area contributed by atoms with Crippen molar-refractivity contribution in [3.8, 4) is 0 Å². The molecule has 0 bridgehead atoms. The summed E-state index contributed by atoms with van der Waals surface area (Å²) < 4.78 is 39.4. The van der Waals surface area contributed by atoms with Crippen molar-refractivity contribution < 1.29 is 23.1 Å². The Morgan fingerprint density at radius 3 is 2.38 bits per heavy atom. The van der Waals surface area contributed by atoms with Crippen LogP contribution >= 0.6 is 0 Å². The van der Waals surface area contributed by atoms with Crippen molar-refractivity contribution in [1.29, 1.82) is 0 Å². The van der Waals surface area contributed by atoms with Gasteiger partial charge in [-0.25, -0.2) is 0 Å². The quantitative estimate of drug-likeness (QED) is 0.344. The van der Waals surface area contributed by atoms with Gasteiger partial charge in [0.1, 0.15) is 0 Å². The lowest BCUT2D eigenvalue weighted by atomic mass is 9.83. The van der Waals surface area contributed by atoms with Gasteiger partial charge in [0, 0.05) is 33.0 Å². The molecule has 0 amide bonds. The molecule has 3 atom stereocenters. The Bertz CT molecular complexity index is 697. The van der Waals surface area contributed by atoms with Gasteiger partial charge in [-0.1, -0.05) is 63.3 Å². The average Bonchev–Trinajstić information content (AvgIpc) is 2.67. The second kappa shape index (κ2) is 11.7. The standard InChI is InChI=1S/C25H40F3NO2Si/c1-5-6-19-7-9-21(10-8-19)23-17-20(18-24(30)31)12-15-29(23)22(11-14-25(26,27)28)13-16-32(2,3)4/h7-10,20,22-23H,5-6,11-18H2,1-4H3,(H,30,31)/t20-,22+,23+/m1/s1. The predicted octanol–water partition coefficient (Wildman–Crippen LogP) is 7.31. The fourth-order valence-electron chi connectivity index (χ4n) is 4.85. The molecule has 0 spiro atoms. The predicted molar refractivity (Wildman–Crippen MR) is 127 cm³/mol. The minimum Gasteiger partial charge on any atom is -0.481 e. The van der Waals surface area contributed by atoms with E-state index in [0.29, 0.717) is 13.0 Å². The smallest absolute Gasteiger partial charge is 0.389 e. The zero-order valence-corrected chi connectivity index (χ0v) is 21.0. The number of piperidine rings is 1. The monoisotopic (exact) mass is 471 g/mol. The van der Waals surface area contributed by atoms with Crippen LogP contribution in [0.1, 0.15) is 69.0 Å². The number of carboxylic acids is 1. The Morgan fingerprint density at radius 1 is 1.19 bits per heavy atom. The third-order valence-corrected chi connectivity index (χ3v) is 8.37. The first-order chi connectivity index (χ1) is 14.9. The molecule has 1 aliphatic rings. The van der Waals surface area contributed by atoms with Crippen molar-refractivity contribution in [1.82, 2.24) is 4.90 Å². The molecule has 32 heavy (non-hydrogen) atoms. The van der Waals surface area contributed by atoms with Crippen molar-refractivity contribution in [3.05, 3.63) is 35.4 Å². The fourth-order valence-corrected chi connectivity index (χ4v) is 6.05. The molecule has 7 heteroatoms. The number of aryl methyl sites for hydroxylation is 1. The normalized spacial score (nSPS) is 21.5. The lowest BCUT2D eigenvalue weighted by molar-refractivity contribution is -0.141. The van der Waals surface area contributed by atoms with Crippen LogP contribution in [0.4, 0.5) is 13.2 Å². The third kappa shape index (κ3) is 9.26. The van der Waals surface area contributed by atoms with Gasteiger partial charge in [-0.15, -0.1) is 0 Å². The number of hydrogen-bond acceptors (Lipinski definition) is 2. The SMILES string of the molecule is CCCc1ccc([C@@H]2C[C@H](CC(=O)O)CCN2[C@@H](CCC(F)(F)F)CC[Si](C)(C)C)cc1. The number of rotatable bonds is 11. The highest BCUT2D eigenvalue weighted by Crippen LogP contribution is 2.40. The van der Waals surface area contributed by atoms with Crippen molar-refractivity contribution in [3.63, 3.8) is 0 Å². The lowest BCUT2D eigenvalue weighted by Gasteiger charge is -2.45. The van der Waals surface area contributed by atoms with Gasteiger partial charge in [0.05, 0.1) is 0 Å². The van der Waals surface area contributed by atoms with Gasteiger partial charge in [-0.05, 0) is 55.7 Å². The van der Waals surface area contributed by atoms with E-state index in [2.05, 4.69) is 55.7 Å². The first kappa shape index (κ1) is 26.9. The summed E-state index contributed by atoms with van der Waals surface area (Å²) in [5, 5.41) is 9.31. The second-order valence-electron chi connectivity index (χ2n) is 10.6. The van der Waals surface area contributed by atoms with E-state index in [1.54, 1.807) is 0 Å². The van der Waals surface area contributed by atoms with Gasteiger partial charge in [0.2, 0.25) is 0 Å². The summed E-state index contributed by atoms with van der Waals surface area (Å²) in [6.45, 7) is 9.58. The average molecular weight is 472 g/mol. The van der Waals surface area contributed by atoms with Gasteiger partial charge < -0.3 is 5.11 Å². The summed E-state index contributed by atoms with van der Waals surface area (Å²) in [5.41, 5.74) is 2.36. The van der Waals surface area contributed by atoms with Crippen LogP contribution in [0.25, 0.3) is 0 Å². The maximum absolute atomic E-state index is 13.1. The number of likely N-dealkylation sites (tertiary alicyclic amines) is 1. The van der Waals surface area contributed by atoms with E-state index in [4.69, 9.17) is 0 Å². The fraction of sp³-hybridized carbons (Fsp3) is 0.720. The summed E-state index contributed by atoms with van der Waals surface area (Å²) in [6.07, 6.45) is -0.424. The van der Waals surface area contributed by atoms with Crippen LogP contribution in [-0.2, 0) is 11.2 Å². The van der Waals surface area contributed by atoms with E-state index in [1.165, 1.54) is 5.56 Å². The molecule has 182 valence electrons. The Balaban J connectivity index is 2.30. The molecule has 1 N–H and O–H groups in total. The van der Waals surface area contributed by atoms with Gasteiger partial charge in [0.15, 0.2) is 0 Å². The lowest BCUT2D eigenvalue weighted by Crippen LogP contribution is -2.45. The molecule has 1 saturated heterocycles. The molecule has 1 aromatic carbocycles. The molecule has 0 saturated carbocycles. The first-order valence-electron chi connectivity index (χ1n) is 12.0. The molecule has 0 unspecified atom stereocenters. The van der Waals surface area contributed by atoms with Gasteiger partial charge in [-0.2, -0.15) is 13.2 Å². The maximum atomic E-state index is 13.1. The number of benzene rings is 1. The van der Waals surface area contributed by atoms with Crippen molar-refractivity contribution in [2.75, 3.05) is 6.54 Å². The summed E-state index contributed by atoms with van der Waals surface area (Å²) in [5.74, 6) is -0.739. The minimum atomic E-state index is -4.16. The topological polar surface area (TPSA) is 40.5 Å². The van der Waals surface area contributed by atoms with Crippen LogP contribution in [-0.4, -0.2) is 42.8 Å². The Kier molecular flexibility index (Phi) is 9.82. The minimum absolute atomic E-state index is 0.0244. The van der Waals surface area contributed by atoms with Crippen LogP contribution in [0.5, 0.6) is 0 Å².